The van der Waals surface area contributed by atoms with E-state index < -0.39 is 6.04 Å². The van der Waals surface area contributed by atoms with Crippen LogP contribution < -0.4 is 11.1 Å². The first-order chi connectivity index (χ1) is 13.2. The van der Waals surface area contributed by atoms with E-state index in [2.05, 4.69) is 35.6 Å². The van der Waals surface area contributed by atoms with E-state index in [1.165, 1.54) is 10.8 Å². The molecule has 4 aromatic carbocycles. The van der Waals surface area contributed by atoms with Crippen LogP contribution in [-0.4, -0.2) is 11.9 Å². The number of nitrogens with two attached hydrogens (primary N) is 1. The summed E-state index contributed by atoms with van der Waals surface area (Å²) in [7, 11) is 0. The van der Waals surface area contributed by atoms with Gasteiger partial charge < -0.3 is 11.1 Å². The second kappa shape index (κ2) is 7.60. The minimum absolute atomic E-state index is 0.129. The lowest BCUT2D eigenvalue weighted by Crippen LogP contribution is -2.41. The molecular formula is C24H22N2O. The van der Waals surface area contributed by atoms with Crippen LogP contribution in [0.1, 0.15) is 11.1 Å². The molecule has 3 heteroatoms. The van der Waals surface area contributed by atoms with Crippen LogP contribution in [0.4, 0.5) is 0 Å². The number of hydrogen-bond donors (Lipinski definition) is 2. The summed E-state index contributed by atoms with van der Waals surface area (Å²) in [5.74, 6) is -0.129. The van der Waals surface area contributed by atoms with Gasteiger partial charge >= 0.3 is 0 Å². The molecule has 4 aromatic rings. The molecule has 0 fully saturated rings. The quantitative estimate of drug-likeness (QED) is 0.528. The molecular weight excluding hydrogens is 332 g/mol. The van der Waals surface area contributed by atoms with Crippen molar-refractivity contribution >= 4 is 27.5 Å². The lowest BCUT2D eigenvalue weighted by Gasteiger charge is -2.15. The van der Waals surface area contributed by atoms with Gasteiger partial charge in [0.1, 0.15) is 0 Å². The Labute approximate surface area is 158 Å². The van der Waals surface area contributed by atoms with Crippen molar-refractivity contribution in [3.05, 3.63) is 96.1 Å². The Morgan fingerprint density at radius 3 is 2.00 bits per heavy atom. The molecule has 0 saturated carbocycles. The van der Waals surface area contributed by atoms with E-state index in [1.54, 1.807) is 0 Å². The lowest BCUT2D eigenvalue weighted by molar-refractivity contribution is -0.122. The lowest BCUT2D eigenvalue weighted by atomic mass is 9.96. The first kappa shape index (κ1) is 17.3. The zero-order chi connectivity index (χ0) is 18.6. The van der Waals surface area contributed by atoms with Crippen LogP contribution in [-0.2, 0) is 17.8 Å². The summed E-state index contributed by atoms with van der Waals surface area (Å²) in [4.78, 5) is 12.6. The van der Waals surface area contributed by atoms with Crippen LogP contribution in [0.2, 0.25) is 0 Å². The zero-order valence-electron chi connectivity index (χ0n) is 15.1. The molecule has 1 unspecified atom stereocenters. The molecule has 1 amide bonds. The van der Waals surface area contributed by atoms with E-state index in [9.17, 15) is 4.79 Å². The summed E-state index contributed by atoms with van der Waals surface area (Å²) in [6.07, 6.45) is 0.531. The number of rotatable bonds is 5. The van der Waals surface area contributed by atoms with Gasteiger partial charge in [0.25, 0.3) is 0 Å². The minimum atomic E-state index is -0.561. The predicted octanol–water partition coefficient (Wildman–Crippen LogP) is 4.18. The van der Waals surface area contributed by atoms with E-state index in [-0.39, 0.29) is 5.91 Å². The maximum atomic E-state index is 12.6. The molecule has 4 rings (SSSR count). The van der Waals surface area contributed by atoms with Crippen LogP contribution in [0, 0.1) is 0 Å². The largest absolute Gasteiger partial charge is 0.351 e. The van der Waals surface area contributed by atoms with Gasteiger partial charge in [0.15, 0.2) is 0 Å². The monoisotopic (exact) mass is 354 g/mol. The molecule has 3 nitrogen and oxygen atoms in total. The first-order valence-corrected chi connectivity index (χ1v) is 9.19. The van der Waals surface area contributed by atoms with E-state index in [0.29, 0.717) is 13.0 Å². The normalized spacial score (nSPS) is 12.2. The van der Waals surface area contributed by atoms with Gasteiger partial charge in [-0.25, -0.2) is 0 Å². The highest BCUT2D eigenvalue weighted by Gasteiger charge is 2.15. The van der Waals surface area contributed by atoms with E-state index in [1.807, 2.05) is 54.6 Å². The van der Waals surface area contributed by atoms with Crippen LogP contribution >= 0.6 is 0 Å². The van der Waals surface area contributed by atoms with Crippen LogP contribution in [0.25, 0.3) is 21.5 Å². The van der Waals surface area contributed by atoms with Crippen molar-refractivity contribution in [1.29, 1.82) is 0 Å². The minimum Gasteiger partial charge on any atom is -0.351 e. The summed E-state index contributed by atoms with van der Waals surface area (Å²) < 4.78 is 0. The van der Waals surface area contributed by atoms with Crippen LogP contribution in [0.5, 0.6) is 0 Å². The number of benzene rings is 4. The van der Waals surface area contributed by atoms with Gasteiger partial charge in [0, 0.05) is 6.54 Å². The average molecular weight is 354 g/mol. The van der Waals surface area contributed by atoms with Crippen molar-refractivity contribution in [3.8, 4) is 0 Å². The zero-order valence-corrected chi connectivity index (χ0v) is 15.1. The maximum Gasteiger partial charge on any atom is 0.237 e. The van der Waals surface area contributed by atoms with Crippen molar-refractivity contribution in [2.24, 2.45) is 5.73 Å². The summed E-state index contributed by atoms with van der Waals surface area (Å²) in [5, 5.41) is 7.71. The highest BCUT2D eigenvalue weighted by atomic mass is 16.2. The number of carbonyl (C=O) groups is 1. The summed E-state index contributed by atoms with van der Waals surface area (Å²) in [6.45, 7) is 0.461. The molecule has 0 bridgehead atoms. The Morgan fingerprint density at radius 1 is 0.815 bits per heavy atom. The topological polar surface area (TPSA) is 55.1 Å². The molecule has 3 N–H and O–H groups in total. The Kier molecular flexibility index (Phi) is 4.86. The fourth-order valence-corrected chi connectivity index (χ4v) is 3.57. The molecule has 0 heterocycles. The fraction of sp³-hybridized carbons (Fsp3) is 0.125. The van der Waals surface area contributed by atoms with Crippen molar-refractivity contribution < 1.29 is 4.79 Å². The molecule has 134 valence electrons. The van der Waals surface area contributed by atoms with Crippen LogP contribution in [0.15, 0.2) is 84.9 Å². The van der Waals surface area contributed by atoms with Gasteiger partial charge in [-0.2, -0.15) is 0 Å². The van der Waals surface area contributed by atoms with Gasteiger partial charge in [-0.05, 0) is 45.2 Å². The highest BCUT2D eigenvalue weighted by Crippen LogP contribution is 2.28. The summed E-state index contributed by atoms with van der Waals surface area (Å²) in [5.41, 5.74) is 8.32. The molecule has 0 aromatic heterocycles. The van der Waals surface area contributed by atoms with E-state index >= 15 is 0 Å². The second-order valence-electron chi connectivity index (χ2n) is 6.81. The number of fused-ring (bicyclic) bond motifs is 2. The maximum absolute atomic E-state index is 12.6. The van der Waals surface area contributed by atoms with E-state index in [4.69, 9.17) is 5.73 Å². The number of amides is 1. The average Bonchev–Trinajstić information content (AvgIpc) is 2.71. The van der Waals surface area contributed by atoms with Gasteiger partial charge in [-0.15, -0.1) is 0 Å². The van der Waals surface area contributed by atoms with Gasteiger partial charge in [0.05, 0.1) is 6.04 Å². The van der Waals surface area contributed by atoms with Crippen LogP contribution in [0.3, 0.4) is 0 Å². The Hall–Kier alpha value is -3.17. The van der Waals surface area contributed by atoms with Gasteiger partial charge in [-0.3, -0.25) is 4.79 Å². The number of carbonyl (C=O) groups excluding carboxylic acids is 1. The summed E-state index contributed by atoms with van der Waals surface area (Å²) >= 11 is 0. The Morgan fingerprint density at radius 2 is 1.37 bits per heavy atom. The number of hydrogen-bond acceptors (Lipinski definition) is 2. The van der Waals surface area contributed by atoms with Gasteiger partial charge in [-0.1, -0.05) is 78.9 Å². The third-order valence-corrected chi connectivity index (χ3v) is 4.96. The standard InChI is InChI=1S/C24H22N2O/c25-23(14-17-8-2-1-3-9-17)24(27)26-16-22-20-12-6-4-10-18(20)15-19-11-5-7-13-21(19)22/h1-13,15,23H,14,16,25H2,(H,26,27). The van der Waals surface area contributed by atoms with Crippen molar-refractivity contribution in [2.45, 2.75) is 19.0 Å². The first-order valence-electron chi connectivity index (χ1n) is 9.19. The molecule has 0 aliphatic rings. The summed E-state index contributed by atoms with van der Waals surface area (Å²) in [6, 6.07) is 28.0. The Bertz CT molecular complexity index is 1040. The predicted molar refractivity (Wildman–Crippen MR) is 111 cm³/mol. The molecule has 1 atom stereocenters. The van der Waals surface area contributed by atoms with Crippen molar-refractivity contribution in [2.75, 3.05) is 0 Å². The van der Waals surface area contributed by atoms with E-state index in [0.717, 1.165) is 21.9 Å². The van der Waals surface area contributed by atoms with Crippen molar-refractivity contribution in [3.63, 3.8) is 0 Å². The molecule has 0 spiro atoms. The second-order valence-corrected chi connectivity index (χ2v) is 6.81. The molecule has 0 radical (unpaired) electrons. The number of nitrogens with one attached hydrogen (secondary N) is 1. The highest BCUT2D eigenvalue weighted by molar-refractivity contribution is 6.02. The molecule has 0 aliphatic carbocycles. The van der Waals surface area contributed by atoms with Gasteiger partial charge in [0.2, 0.25) is 5.91 Å². The fourth-order valence-electron chi connectivity index (χ4n) is 3.57. The third-order valence-electron chi connectivity index (χ3n) is 4.96. The molecule has 0 saturated heterocycles. The third kappa shape index (κ3) is 3.69. The molecule has 0 aliphatic heterocycles. The van der Waals surface area contributed by atoms with Crippen molar-refractivity contribution in [1.82, 2.24) is 5.32 Å². The SMILES string of the molecule is NC(Cc1ccccc1)C(=O)NCc1c2ccccc2cc2ccccc12. The molecule has 27 heavy (non-hydrogen) atoms. The smallest absolute Gasteiger partial charge is 0.237 e. The Balaban J connectivity index is 1.58.